The molecular weight excluding hydrogens is 558 g/mol. The molecule has 2 fully saturated rings. The molecule has 5 nitrogen and oxygen atoms in total. The molecule has 2 N–H and O–H groups in total. The van der Waals surface area contributed by atoms with E-state index in [9.17, 15) is 31.1 Å². The minimum absolute atomic E-state index is 0.0343. The Labute approximate surface area is 240 Å². The number of rotatable bonds is 6. The van der Waals surface area contributed by atoms with Gasteiger partial charge in [0.1, 0.15) is 0 Å². The molecule has 0 aromatic heterocycles. The van der Waals surface area contributed by atoms with E-state index in [2.05, 4.69) is 20.4 Å². The van der Waals surface area contributed by atoms with Gasteiger partial charge in [-0.1, -0.05) is 61.7 Å². The fourth-order valence-electron chi connectivity index (χ4n) is 6.23. The van der Waals surface area contributed by atoms with Crippen molar-refractivity contribution in [3.63, 3.8) is 0 Å². The summed E-state index contributed by atoms with van der Waals surface area (Å²) in [5.41, 5.74) is -2.57. The van der Waals surface area contributed by atoms with Crippen LogP contribution in [0.5, 0.6) is 0 Å². The summed E-state index contributed by atoms with van der Waals surface area (Å²) in [4.78, 5) is 17.7. The number of benzene rings is 3. The lowest BCUT2D eigenvalue weighted by atomic mass is 9.93. The highest BCUT2D eigenvalue weighted by molar-refractivity contribution is 5.90. The zero-order chi connectivity index (χ0) is 29.9. The van der Waals surface area contributed by atoms with Gasteiger partial charge in [0.15, 0.2) is 0 Å². The fraction of sp³-hybridized carbons (Fsp3) is 0.452. The molecule has 1 saturated heterocycles. The van der Waals surface area contributed by atoms with E-state index in [1.165, 1.54) is 32.1 Å². The number of carbonyl (C=O) groups excluding carboxylic acids is 1. The maximum Gasteiger partial charge on any atom is 0.416 e. The number of hydrogen-bond acceptors (Lipinski definition) is 3. The van der Waals surface area contributed by atoms with Crippen LogP contribution in [0.2, 0.25) is 0 Å². The van der Waals surface area contributed by atoms with Crippen LogP contribution in [-0.4, -0.2) is 54.6 Å². The number of hydrogen-bond donors (Lipinski definition) is 2. The Morgan fingerprint density at radius 3 is 2.07 bits per heavy atom. The minimum Gasteiger partial charge on any atom is -0.336 e. The number of carbonyl (C=O) groups is 1. The molecule has 1 saturated carbocycles. The minimum atomic E-state index is -5.01. The van der Waals surface area contributed by atoms with E-state index in [0.717, 1.165) is 42.5 Å². The highest BCUT2D eigenvalue weighted by Crippen LogP contribution is 2.37. The molecule has 11 heteroatoms. The van der Waals surface area contributed by atoms with Gasteiger partial charge in [-0.2, -0.15) is 26.3 Å². The Kier molecular flexibility index (Phi) is 8.98. The van der Waals surface area contributed by atoms with Gasteiger partial charge in [-0.25, -0.2) is 4.79 Å². The highest BCUT2D eigenvalue weighted by atomic mass is 19.4. The summed E-state index contributed by atoms with van der Waals surface area (Å²) in [6, 6.07) is 14.4. The molecular formula is C31H34F6N4O. The van der Waals surface area contributed by atoms with E-state index in [1.807, 2.05) is 42.5 Å². The molecule has 3 aromatic rings. The van der Waals surface area contributed by atoms with Crippen LogP contribution < -0.4 is 10.6 Å². The molecule has 1 unspecified atom stereocenters. The first kappa shape index (κ1) is 30.2. The van der Waals surface area contributed by atoms with Gasteiger partial charge in [-0.05, 0) is 47.4 Å². The van der Waals surface area contributed by atoms with Gasteiger partial charge in [-0.3, -0.25) is 9.80 Å². The number of nitrogens with zero attached hydrogens (tertiary/aromatic N) is 2. The molecule has 5 rings (SSSR count). The lowest BCUT2D eigenvalue weighted by molar-refractivity contribution is -0.143. The summed E-state index contributed by atoms with van der Waals surface area (Å²) in [7, 11) is 0. The van der Waals surface area contributed by atoms with Crippen LogP contribution in [0.15, 0.2) is 60.7 Å². The van der Waals surface area contributed by atoms with E-state index in [4.69, 9.17) is 0 Å². The maximum absolute atomic E-state index is 13.3. The van der Waals surface area contributed by atoms with Crippen molar-refractivity contribution in [3.05, 3.63) is 77.4 Å². The molecule has 1 atom stereocenters. The van der Waals surface area contributed by atoms with Crippen molar-refractivity contribution >= 4 is 22.5 Å². The molecule has 1 heterocycles. The van der Waals surface area contributed by atoms with Crippen LogP contribution >= 0.6 is 0 Å². The largest absolute Gasteiger partial charge is 0.416 e. The van der Waals surface area contributed by atoms with Gasteiger partial charge in [-0.15, -0.1) is 0 Å². The lowest BCUT2D eigenvalue weighted by Gasteiger charge is -2.43. The third kappa shape index (κ3) is 7.18. The standard InChI is InChI=1S/C31H34F6N4O/c32-30(33,34)22-17-23(31(35,36)37)19-24(18-22)39-29(42)38-20-28(27-12-6-8-21-7-4-5-11-26(21)27)41-15-13-40(14-16-41)25-9-2-1-3-10-25/h4-8,11-12,17-19,25,28H,1-3,9-10,13-16,20H2,(H2,38,39,42). The molecule has 226 valence electrons. The van der Waals surface area contributed by atoms with Crippen molar-refractivity contribution < 1.29 is 31.1 Å². The van der Waals surface area contributed by atoms with E-state index in [1.54, 1.807) is 0 Å². The Morgan fingerprint density at radius 1 is 0.810 bits per heavy atom. The second kappa shape index (κ2) is 12.5. The molecule has 0 bridgehead atoms. The van der Waals surface area contributed by atoms with E-state index >= 15 is 0 Å². The van der Waals surface area contributed by atoms with Crippen molar-refractivity contribution in [2.24, 2.45) is 0 Å². The fourth-order valence-corrected chi connectivity index (χ4v) is 6.23. The van der Waals surface area contributed by atoms with E-state index in [-0.39, 0.29) is 18.7 Å². The smallest absolute Gasteiger partial charge is 0.336 e. The number of piperazine rings is 1. The van der Waals surface area contributed by atoms with Gasteiger partial charge >= 0.3 is 18.4 Å². The molecule has 3 aromatic carbocycles. The summed E-state index contributed by atoms with van der Waals surface area (Å²) < 4.78 is 79.7. The van der Waals surface area contributed by atoms with Gasteiger partial charge in [0.05, 0.1) is 17.2 Å². The molecule has 1 aliphatic heterocycles. The lowest BCUT2D eigenvalue weighted by Crippen LogP contribution is -2.53. The van der Waals surface area contributed by atoms with Gasteiger partial charge in [0, 0.05) is 44.5 Å². The van der Waals surface area contributed by atoms with Gasteiger partial charge < -0.3 is 10.6 Å². The summed E-state index contributed by atoms with van der Waals surface area (Å²) in [6.45, 7) is 3.45. The van der Waals surface area contributed by atoms with Crippen LogP contribution in [0, 0.1) is 0 Å². The molecule has 2 amide bonds. The first-order valence-corrected chi connectivity index (χ1v) is 14.3. The number of fused-ring (bicyclic) bond motifs is 1. The third-order valence-electron chi connectivity index (χ3n) is 8.36. The summed E-state index contributed by atoms with van der Waals surface area (Å²) in [5, 5.41) is 6.96. The number of anilines is 1. The van der Waals surface area contributed by atoms with Crippen LogP contribution in [0.4, 0.5) is 36.8 Å². The zero-order valence-corrected chi connectivity index (χ0v) is 23.1. The van der Waals surface area contributed by atoms with Crippen molar-refractivity contribution in [2.45, 2.75) is 56.5 Å². The average molecular weight is 593 g/mol. The Bertz CT molecular complexity index is 1340. The topological polar surface area (TPSA) is 47.6 Å². The molecule has 42 heavy (non-hydrogen) atoms. The number of halogens is 6. The van der Waals surface area contributed by atoms with E-state index in [0.29, 0.717) is 18.2 Å². The van der Waals surface area contributed by atoms with Crippen LogP contribution in [0.1, 0.15) is 54.8 Å². The first-order valence-electron chi connectivity index (χ1n) is 14.3. The SMILES string of the molecule is O=C(NCC(c1cccc2ccccc12)N1CCN(C2CCCCC2)CC1)Nc1cc(C(F)(F)F)cc(C(F)(F)F)c1. The third-order valence-corrected chi connectivity index (χ3v) is 8.36. The van der Waals surface area contributed by atoms with Crippen molar-refractivity contribution in [3.8, 4) is 0 Å². The first-order chi connectivity index (χ1) is 20.0. The molecule has 1 aliphatic carbocycles. The summed E-state index contributed by atoms with van der Waals surface area (Å²) in [5.74, 6) is 0. The summed E-state index contributed by atoms with van der Waals surface area (Å²) >= 11 is 0. The second-order valence-electron chi connectivity index (χ2n) is 11.1. The van der Waals surface area contributed by atoms with E-state index < -0.39 is 35.2 Å². The van der Waals surface area contributed by atoms with Crippen molar-refractivity contribution in [1.82, 2.24) is 15.1 Å². The molecule has 2 aliphatic rings. The predicted molar refractivity (Wildman–Crippen MR) is 150 cm³/mol. The summed E-state index contributed by atoms with van der Waals surface area (Å²) in [6.07, 6.45) is -3.82. The highest BCUT2D eigenvalue weighted by Gasteiger charge is 2.37. The number of nitrogens with one attached hydrogen (secondary N) is 2. The number of urea groups is 1. The zero-order valence-electron chi connectivity index (χ0n) is 23.1. The Hall–Kier alpha value is -3.31. The maximum atomic E-state index is 13.3. The normalized spacial score (nSPS) is 18.6. The molecule has 0 radical (unpaired) electrons. The predicted octanol–water partition coefficient (Wildman–Crippen LogP) is 7.69. The quantitative estimate of drug-likeness (QED) is 0.289. The second-order valence-corrected chi connectivity index (χ2v) is 11.1. The molecule has 0 spiro atoms. The number of alkyl halides is 6. The Morgan fingerprint density at radius 2 is 1.43 bits per heavy atom. The van der Waals surface area contributed by atoms with Crippen molar-refractivity contribution in [2.75, 3.05) is 38.0 Å². The monoisotopic (exact) mass is 592 g/mol. The van der Waals surface area contributed by atoms with Gasteiger partial charge in [0.25, 0.3) is 0 Å². The average Bonchev–Trinajstić information content (AvgIpc) is 2.97. The van der Waals surface area contributed by atoms with Crippen LogP contribution in [-0.2, 0) is 12.4 Å². The van der Waals surface area contributed by atoms with Crippen molar-refractivity contribution in [1.29, 1.82) is 0 Å². The van der Waals surface area contributed by atoms with Crippen LogP contribution in [0.3, 0.4) is 0 Å². The van der Waals surface area contributed by atoms with Crippen LogP contribution in [0.25, 0.3) is 10.8 Å². The Balaban J connectivity index is 1.34. The van der Waals surface area contributed by atoms with Gasteiger partial charge in [0.2, 0.25) is 0 Å². The number of amides is 2.